The molecular formula is C23H18N2O2S. The fraction of sp³-hybridized carbons (Fsp3) is 0. The van der Waals surface area contributed by atoms with Crippen molar-refractivity contribution in [2.24, 2.45) is 0 Å². The summed E-state index contributed by atoms with van der Waals surface area (Å²) in [6.07, 6.45) is 0. The zero-order valence-electron chi connectivity index (χ0n) is 14.9. The van der Waals surface area contributed by atoms with Crippen molar-refractivity contribution in [3.63, 3.8) is 0 Å². The van der Waals surface area contributed by atoms with E-state index >= 15 is 0 Å². The summed E-state index contributed by atoms with van der Waals surface area (Å²) in [7, 11) is 0. The first-order valence-corrected chi connectivity index (χ1v) is 9.21. The summed E-state index contributed by atoms with van der Waals surface area (Å²) in [4.78, 5) is 0. The molecule has 0 heterocycles. The van der Waals surface area contributed by atoms with E-state index in [0.717, 1.165) is 33.6 Å². The lowest BCUT2D eigenvalue weighted by Gasteiger charge is -2.13. The molecule has 0 radical (unpaired) electrons. The summed E-state index contributed by atoms with van der Waals surface area (Å²) < 4.78 is 5.79. The highest BCUT2D eigenvalue weighted by Gasteiger charge is 2.06. The first kappa shape index (κ1) is 17.8. The van der Waals surface area contributed by atoms with E-state index in [1.54, 1.807) is 6.07 Å². The molecule has 0 aliphatic rings. The molecule has 0 aromatic heterocycles. The van der Waals surface area contributed by atoms with E-state index in [-0.39, 0.29) is 5.75 Å². The zero-order valence-corrected chi connectivity index (χ0v) is 15.7. The quantitative estimate of drug-likeness (QED) is 0.368. The number of fused-ring (bicyclic) bond motifs is 1. The van der Waals surface area contributed by atoms with Crippen molar-refractivity contribution in [1.82, 2.24) is 0 Å². The van der Waals surface area contributed by atoms with E-state index in [4.69, 9.17) is 17.0 Å². The van der Waals surface area contributed by atoms with Gasteiger partial charge in [-0.3, -0.25) is 0 Å². The average molecular weight is 386 g/mol. The minimum atomic E-state index is 0.244. The van der Waals surface area contributed by atoms with E-state index in [2.05, 4.69) is 10.6 Å². The first-order chi connectivity index (χ1) is 13.7. The summed E-state index contributed by atoms with van der Waals surface area (Å²) in [6.45, 7) is 0. The Morgan fingerprint density at radius 2 is 1.36 bits per heavy atom. The molecule has 4 aromatic carbocycles. The molecule has 0 bridgehead atoms. The fourth-order valence-corrected chi connectivity index (χ4v) is 3.15. The Bertz CT molecular complexity index is 1110. The van der Waals surface area contributed by atoms with Crippen LogP contribution in [-0.4, -0.2) is 10.2 Å². The highest BCUT2D eigenvalue weighted by molar-refractivity contribution is 7.80. The molecule has 4 rings (SSSR count). The van der Waals surface area contributed by atoms with Crippen molar-refractivity contribution < 1.29 is 9.84 Å². The van der Waals surface area contributed by atoms with Gasteiger partial charge in [-0.1, -0.05) is 42.5 Å². The van der Waals surface area contributed by atoms with Crippen molar-refractivity contribution in [2.45, 2.75) is 0 Å². The van der Waals surface area contributed by atoms with Gasteiger partial charge < -0.3 is 20.5 Å². The van der Waals surface area contributed by atoms with Gasteiger partial charge in [0.15, 0.2) is 5.11 Å². The van der Waals surface area contributed by atoms with Crippen LogP contribution in [0.2, 0.25) is 0 Å². The Morgan fingerprint density at radius 1 is 0.679 bits per heavy atom. The number of hydrogen-bond acceptors (Lipinski definition) is 3. The molecule has 0 spiro atoms. The van der Waals surface area contributed by atoms with Crippen LogP contribution in [0.25, 0.3) is 10.8 Å². The molecule has 0 amide bonds. The first-order valence-electron chi connectivity index (χ1n) is 8.81. The number of aromatic hydroxyl groups is 1. The van der Waals surface area contributed by atoms with Crippen molar-refractivity contribution in [1.29, 1.82) is 0 Å². The number of para-hydroxylation sites is 1. The lowest BCUT2D eigenvalue weighted by Crippen LogP contribution is -2.19. The van der Waals surface area contributed by atoms with Crippen LogP contribution < -0.4 is 15.4 Å². The van der Waals surface area contributed by atoms with E-state index in [1.807, 2.05) is 84.9 Å². The van der Waals surface area contributed by atoms with Crippen LogP contribution in [0.1, 0.15) is 0 Å². The molecule has 3 N–H and O–H groups in total. The second-order valence-corrected chi connectivity index (χ2v) is 6.60. The third-order valence-corrected chi connectivity index (χ3v) is 4.44. The standard InChI is InChI=1S/C23H18N2O2S/c26-22-11-5-8-19-20(22)9-4-10-21(19)25-23(28)24-16-12-14-18(15-13-16)27-17-6-2-1-3-7-17/h1-15,26H,(H2,24,25,28). The van der Waals surface area contributed by atoms with Gasteiger partial charge in [0.05, 0.1) is 0 Å². The highest BCUT2D eigenvalue weighted by atomic mass is 32.1. The summed E-state index contributed by atoms with van der Waals surface area (Å²) in [5.74, 6) is 1.79. The van der Waals surface area contributed by atoms with E-state index in [1.165, 1.54) is 0 Å². The number of phenolic OH excluding ortho intramolecular Hbond substituents is 1. The predicted molar refractivity (Wildman–Crippen MR) is 118 cm³/mol. The van der Waals surface area contributed by atoms with Gasteiger partial charge in [0.25, 0.3) is 0 Å². The summed E-state index contributed by atoms with van der Waals surface area (Å²) in [6, 6.07) is 28.3. The van der Waals surface area contributed by atoms with Crippen LogP contribution >= 0.6 is 12.2 Å². The third kappa shape index (κ3) is 4.05. The summed E-state index contributed by atoms with van der Waals surface area (Å²) in [5.41, 5.74) is 1.68. The van der Waals surface area contributed by atoms with Crippen LogP contribution in [-0.2, 0) is 0 Å². The normalized spacial score (nSPS) is 10.4. The Balaban J connectivity index is 1.44. The Morgan fingerprint density at radius 3 is 2.14 bits per heavy atom. The van der Waals surface area contributed by atoms with Crippen LogP contribution in [0.3, 0.4) is 0 Å². The molecule has 28 heavy (non-hydrogen) atoms. The van der Waals surface area contributed by atoms with Crippen LogP contribution in [0.15, 0.2) is 91.0 Å². The van der Waals surface area contributed by atoms with Gasteiger partial charge in [0.2, 0.25) is 0 Å². The van der Waals surface area contributed by atoms with Crippen molar-refractivity contribution in [3.8, 4) is 17.2 Å². The molecule has 0 unspecified atom stereocenters. The van der Waals surface area contributed by atoms with E-state index in [9.17, 15) is 5.11 Å². The van der Waals surface area contributed by atoms with Gasteiger partial charge in [-0.15, -0.1) is 0 Å². The van der Waals surface area contributed by atoms with E-state index < -0.39 is 0 Å². The number of rotatable bonds is 4. The van der Waals surface area contributed by atoms with Gasteiger partial charge >= 0.3 is 0 Å². The molecular weight excluding hydrogens is 368 g/mol. The number of nitrogens with one attached hydrogen (secondary N) is 2. The minimum Gasteiger partial charge on any atom is -0.507 e. The minimum absolute atomic E-state index is 0.244. The van der Waals surface area contributed by atoms with Gasteiger partial charge in [-0.2, -0.15) is 0 Å². The molecule has 0 aliphatic carbocycles. The van der Waals surface area contributed by atoms with E-state index in [0.29, 0.717) is 5.11 Å². The molecule has 0 saturated heterocycles. The lowest BCUT2D eigenvalue weighted by molar-refractivity contribution is 0.481. The van der Waals surface area contributed by atoms with Gasteiger partial charge in [0.1, 0.15) is 17.2 Å². The van der Waals surface area contributed by atoms with Crippen LogP contribution in [0.5, 0.6) is 17.2 Å². The number of benzene rings is 4. The van der Waals surface area contributed by atoms with Crippen LogP contribution in [0, 0.1) is 0 Å². The average Bonchev–Trinajstić information content (AvgIpc) is 2.71. The Hall–Kier alpha value is -3.57. The number of ether oxygens (including phenoxy) is 1. The molecule has 4 nitrogen and oxygen atoms in total. The second-order valence-electron chi connectivity index (χ2n) is 6.20. The largest absolute Gasteiger partial charge is 0.507 e. The maximum atomic E-state index is 10.0. The molecule has 4 aromatic rings. The predicted octanol–water partition coefficient (Wildman–Crippen LogP) is 6.15. The maximum absolute atomic E-state index is 10.0. The Kier molecular flexibility index (Phi) is 5.08. The monoisotopic (exact) mass is 386 g/mol. The molecule has 0 fully saturated rings. The summed E-state index contributed by atoms with van der Waals surface area (Å²) >= 11 is 5.44. The van der Waals surface area contributed by atoms with Gasteiger partial charge in [-0.05, 0) is 60.7 Å². The topological polar surface area (TPSA) is 53.5 Å². The van der Waals surface area contributed by atoms with Gasteiger partial charge in [-0.25, -0.2) is 0 Å². The lowest BCUT2D eigenvalue weighted by atomic mass is 10.1. The zero-order chi connectivity index (χ0) is 19.3. The molecule has 0 aliphatic heterocycles. The number of phenols is 1. The fourth-order valence-electron chi connectivity index (χ4n) is 2.92. The van der Waals surface area contributed by atoms with Crippen molar-refractivity contribution in [3.05, 3.63) is 91.0 Å². The smallest absolute Gasteiger partial charge is 0.175 e. The molecule has 138 valence electrons. The van der Waals surface area contributed by atoms with Gasteiger partial charge in [0, 0.05) is 22.1 Å². The Labute approximate surface area is 168 Å². The highest BCUT2D eigenvalue weighted by Crippen LogP contribution is 2.30. The number of anilines is 2. The molecule has 0 saturated carbocycles. The van der Waals surface area contributed by atoms with Crippen molar-refractivity contribution in [2.75, 3.05) is 10.6 Å². The number of hydrogen-bond donors (Lipinski definition) is 3. The molecule has 0 atom stereocenters. The third-order valence-electron chi connectivity index (χ3n) is 4.24. The second kappa shape index (κ2) is 7.98. The molecule has 5 heteroatoms. The number of thiocarbonyl (C=S) groups is 1. The maximum Gasteiger partial charge on any atom is 0.175 e. The summed E-state index contributed by atoms with van der Waals surface area (Å²) in [5, 5.41) is 18.5. The van der Waals surface area contributed by atoms with Crippen molar-refractivity contribution >= 4 is 39.5 Å². The van der Waals surface area contributed by atoms with Crippen LogP contribution in [0.4, 0.5) is 11.4 Å². The SMILES string of the molecule is Oc1cccc2c(NC(=S)Nc3ccc(Oc4ccccc4)cc3)cccc12.